The van der Waals surface area contributed by atoms with Crippen LogP contribution in [0.15, 0.2) is 56.9 Å². The molecule has 3 aromatic rings. The predicted molar refractivity (Wildman–Crippen MR) is 106 cm³/mol. The van der Waals surface area contributed by atoms with Gasteiger partial charge in [-0.15, -0.1) is 10.2 Å². The third-order valence-corrected chi connectivity index (χ3v) is 7.83. The number of hydrogen-bond donors (Lipinski definition) is 1. The lowest BCUT2D eigenvalue weighted by molar-refractivity contribution is 0.477. The molecule has 0 amide bonds. The molecule has 2 aromatic heterocycles. The van der Waals surface area contributed by atoms with Crippen molar-refractivity contribution in [1.82, 2.24) is 19.5 Å². The summed E-state index contributed by atoms with van der Waals surface area (Å²) in [5, 5.41) is 12.4. The molecule has 11 heteroatoms. The van der Waals surface area contributed by atoms with E-state index in [4.69, 9.17) is 0 Å². The first-order valence-electron chi connectivity index (χ1n) is 8.51. The van der Waals surface area contributed by atoms with Crippen LogP contribution in [0, 0.1) is 5.82 Å². The Morgan fingerprint density at radius 3 is 2.50 bits per heavy atom. The van der Waals surface area contributed by atoms with Crippen molar-refractivity contribution in [2.45, 2.75) is 27.1 Å². The lowest BCUT2D eigenvalue weighted by Crippen LogP contribution is -2.27. The summed E-state index contributed by atoms with van der Waals surface area (Å²) in [5.41, 5.74) is 0.712. The number of aromatic nitrogens is 3. The van der Waals surface area contributed by atoms with Gasteiger partial charge in [-0.05, 0) is 61.0 Å². The summed E-state index contributed by atoms with van der Waals surface area (Å²) in [6.45, 7) is 1.13. The Labute approximate surface area is 170 Å². The quantitative estimate of drug-likeness (QED) is 0.628. The fraction of sp³-hybridized carbons (Fsp3) is 0.235. The van der Waals surface area contributed by atoms with Gasteiger partial charge in [0.25, 0.3) is 0 Å². The Hall–Kier alpha value is -2.08. The molecule has 0 bridgehead atoms. The Morgan fingerprint density at radius 1 is 1.07 bits per heavy atom. The van der Waals surface area contributed by atoms with E-state index in [9.17, 15) is 12.8 Å². The maximum absolute atomic E-state index is 13.0. The van der Waals surface area contributed by atoms with Gasteiger partial charge in [-0.2, -0.15) is 4.31 Å². The fourth-order valence-electron chi connectivity index (χ4n) is 2.70. The molecule has 3 heterocycles. The largest absolute Gasteiger partial charge is 0.330 e. The number of rotatable bonds is 6. The zero-order valence-corrected chi connectivity index (χ0v) is 17.0. The molecule has 1 saturated heterocycles. The van der Waals surface area contributed by atoms with Crippen molar-refractivity contribution in [2.75, 3.05) is 18.4 Å². The SMILES string of the molecule is O=S(=O)(c1ccc(Sc2nnc(Nc3ccc(F)cc3)s2)nc1)N1CCCC1. The van der Waals surface area contributed by atoms with Gasteiger partial charge in [0.1, 0.15) is 15.7 Å². The smallest absolute Gasteiger partial charge is 0.244 e. The third-order valence-electron chi connectivity index (χ3n) is 4.11. The highest BCUT2D eigenvalue weighted by Crippen LogP contribution is 2.32. The summed E-state index contributed by atoms with van der Waals surface area (Å²) in [7, 11) is -3.46. The van der Waals surface area contributed by atoms with E-state index >= 15 is 0 Å². The zero-order valence-electron chi connectivity index (χ0n) is 14.6. The van der Waals surface area contributed by atoms with Gasteiger partial charge >= 0.3 is 0 Å². The summed E-state index contributed by atoms with van der Waals surface area (Å²) >= 11 is 2.62. The highest BCUT2D eigenvalue weighted by molar-refractivity contribution is 8.01. The van der Waals surface area contributed by atoms with Gasteiger partial charge in [0, 0.05) is 25.0 Å². The van der Waals surface area contributed by atoms with Gasteiger partial charge in [0.05, 0.1) is 0 Å². The molecule has 0 saturated carbocycles. The average molecular weight is 438 g/mol. The second kappa shape index (κ2) is 8.11. The van der Waals surface area contributed by atoms with Crippen molar-refractivity contribution in [2.24, 2.45) is 0 Å². The van der Waals surface area contributed by atoms with Gasteiger partial charge in [0.2, 0.25) is 15.2 Å². The molecule has 4 rings (SSSR count). The zero-order chi connectivity index (χ0) is 19.6. The monoisotopic (exact) mass is 437 g/mol. The van der Waals surface area contributed by atoms with E-state index in [-0.39, 0.29) is 10.7 Å². The molecule has 0 unspecified atom stereocenters. The summed E-state index contributed by atoms with van der Waals surface area (Å²) in [4.78, 5) is 4.45. The first-order valence-corrected chi connectivity index (χ1v) is 11.6. The van der Waals surface area contributed by atoms with E-state index in [1.807, 2.05) is 0 Å². The number of sulfonamides is 1. The van der Waals surface area contributed by atoms with Crippen molar-refractivity contribution in [3.8, 4) is 0 Å². The molecular weight excluding hydrogens is 421 g/mol. The Morgan fingerprint density at radius 2 is 1.82 bits per heavy atom. The van der Waals surface area contributed by atoms with Crippen LogP contribution in [0.4, 0.5) is 15.2 Å². The lowest BCUT2D eigenvalue weighted by Gasteiger charge is -2.15. The highest BCUT2D eigenvalue weighted by atomic mass is 32.2. The number of anilines is 2. The van der Waals surface area contributed by atoms with E-state index in [0.717, 1.165) is 12.8 Å². The summed E-state index contributed by atoms with van der Waals surface area (Å²) in [6.07, 6.45) is 3.17. The molecule has 1 N–H and O–H groups in total. The van der Waals surface area contributed by atoms with E-state index < -0.39 is 10.0 Å². The molecule has 1 aliphatic heterocycles. The number of halogens is 1. The first-order chi connectivity index (χ1) is 13.5. The minimum absolute atomic E-state index is 0.203. The van der Waals surface area contributed by atoms with Crippen LogP contribution in [-0.4, -0.2) is 41.0 Å². The van der Waals surface area contributed by atoms with Crippen molar-refractivity contribution >= 4 is 43.9 Å². The fourth-order valence-corrected chi connectivity index (χ4v) is 5.83. The summed E-state index contributed by atoms with van der Waals surface area (Å²) in [5.74, 6) is -0.305. The molecule has 1 aliphatic rings. The van der Waals surface area contributed by atoms with E-state index in [1.54, 1.807) is 24.3 Å². The van der Waals surface area contributed by atoms with E-state index in [1.165, 1.54) is 45.7 Å². The maximum Gasteiger partial charge on any atom is 0.244 e. The van der Waals surface area contributed by atoms with E-state index in [0.29, 0.717) is 33.3 Å². The normalized spacial score (nSPS) is 15.0. The van der Waals surface area contributed by atoms with Crippen LogP contribution in [0.2, 0.25) is 0 Å². The van der Waals surface area contributed by atoms with Crippen LogP contribution in [-0.2, 0) is 10.0 Å². The maximum atomic E-state index is 13.0. The molecular formula is C17H16FN5O2S3. The third kappa shape index (κ3) is 4.32. The Kier molecular flexibility index (Phi) is 5.58. The van der Waals surface area contributed by atoms with Gasteiger partial charge in [-0.1, -0.05) is 11.3 Å². The number of pyridine rings is 1. The van der Waals surface area contributed by atoms with Gasteiger partial charge in [-0.3, -0.25) is 0 Å². The minimum atomic E-state index is -3.46. The second-order valence-corrected chi connectivity index (χ2v) is 10.2. The molecule has 0 spiro atoms. The lowest BCUT2D eigenvalue weighted by atomic mass is 10.3. The molecule has 0 radical (unpaired) electrons. The highest BCUT2D eigenvalue weighted by Gasteiger charge is 2.27. The minimum Gasteiger partial charge on any atom is -0.330 e. The predicted octanol–water partition coefficient (Wildman–Crippen LogP) is 3.75. The standard InChI is InChI=1S/C17H16FN5O2S3/c18-12-3-5-13(6-4-12)20-16-21-22-17(27-16)26-15-8-7-14(11-19-15)28(24,25)23-9-1-2-10-23/h3-8,11H,1-2,9-10H2,(H,20,21). The molecule has 28 heavy (non-hydrogen) atoms. The van der Waals surface area contributed by atoms with Crippen LogP contribution in [0.3, 0.4) is 0 Å². The van der Waals surface area contributed by atoms with Crippen LogP contribution in [0.25, 0.3) is 0 Å². The molecule has 146 valence electrons. The van der Waals surface area contributed by atoms with Crippen molar-refractivity contribution in [3.63, 3.8) is 0 Å². The van der Waals surface area contributed by atoms with Crippen molar-refractivity contribution in [1.29, 1.82) is 0 Å². The summed E-state index contributed by atoms with van der Waals surface area (Å²) < 4.78 is 40.2. The van der Waals surface area contributed by atoms with E-state index in [2.05, 4.69) is 20.5 Å². The summed E-state index contributed by atoms with van der Waals surface area (Å²) in [6, 6.07) is 9.19. The Bertz CT molecular complexity index is 1050. The molecule has 0 atom stereocenters. The number of nitrogens with zero attached hydrogens (tertiary/aromatic N) is 4. The van der Waals surface area contributed by atoms with Gasteiger partial charge in [0.15, 0.2) is 4.34 Å². The van der Waals surface area contributed by atoms with Crippen LogP contribution < -0.4 is 5.32 Å². The van der Waals surface area contributed by atoms with Gasteiger partial charge in [-0.25, -0.2) is 17.8 Å². The average Bonchev–Trinajstić information content (AvgIpc) is 3.37. The van der Waals surface area contributed by atoms with Crippen LogP contribution >= 0.6 is 23.1 Å². The number of nitrogens with one attached hydrogen (secondary N) is 1. The van der Waals surface area contributed by atoms with Crippen LogP contribution in [0.5, 0.6) is 0 Å². The topological polar surface area (TPSA) is 88.1 Å². The van der Waals surface area contributed by atoms with Crippen LogP contribution in [0.1, 0.15) is 12.8 Å². The number of hydrogen-bond acceptors (Lipinski definition) is 8. The van der Waals surface area contributed by atoms with Crippen molar-refractivity contribution in [3.05, 3.63) is 48.4 Å². The number of benzene rings is 1. The first kappa shape index (κ1) is 19.2. The second-order valence-electron chi connectivity index (χ2n) is 6.05. The molecule has 1 aromatic carbocycles. The van der Waals surface area contributed by atoms with Gasteiger partial charge < -0.3 is 5.32 Å². The molecule has 1 fully saturated rings. The molecule has 7 nitrogen and oxygen atoms in total. The van der Waals surface area contributed by atoms with Crippen molar-refractivity contribution < 1.29 is 12.8 Å². The Balaban J connectivity index is 1.42. The molecule has 0 aliphatic carbocycles.